The van der Waals surface area contributed by atoms with Crippen molar-refractivity contribution in [3.63, 3.8) is 0 Å². The van der Waals surface area contributed by atoms with Crippen LogP contribution in [0.3, 0.4) is 0 Å². The number of rotatable bonds is 6. The summed E-state index contributed by atoms with van der Waals surface area (Å²) in [6.45, 7) is 8.49. The molecule has 0 fully saturated rings. The number of carbonyl (C=O) groups excluding carboxylic acids is 2. The molecule has 0 saturated heterocycles. The Morgan fingerprint density at radius 1 is 1.19 bits per heavy atom. The van der Waals surface area contributed by atoms with Crippen LogP contribution < -0.4 is 10.6 Å². The molecule has 1 aromatic heterocycles. The lowest BCUT2D eigenvalue weighted by Gasteiger charge is -2.10. The van der Waals surface area contributed by atoms with Gasteiger partial charge < -0.3 is 10.6 Å². The monoisotopic (exact) mass is 311 g/mol. The predicted octanol–water partition coefficient (Wildman–Crippen LogP) is 2.36. The number of aromatic nitrogens is 1. The zero-order valence-electron chi connectivity index (χ0n) is 12.9. The third-order valence-electron chi connectivity index (χ3n) is 2.78. The van der Waals surface area contributed by atoms with E-state index in [0.29, 0.717) is 18.0 Å². The fraction of sp³-hybridized carbons (Fsp3) is 0.533. The van der Waals surface area contributed by atoms with Crippen molar-refractivity contribution in [3.05, 3.63) is 28.5 Å². The van der Waals surface area contributed by atoms with Gasteiger partial charge in [0.05, 0.1) is 6.54 Å². The van der Waals surface area contributed by atoms with E-state index in [1.54, 1.807) is 6.07 Å². The van der Waals surface area contributed by atoms with Gasteiger partial charge in [-0.1, -0.05) is 39.3 Å². The highest BCUT2D eigenvalue weighted by Gasteiger charge is 2.12. The molecule has 5 nitrogen and oxygen atoms in total. The van der Waals surface area contributed by atoms with Crippen LogP contribution in [0.15, 0.2) is 12.1 Å². The SMILES string of the molecule is CC(C)CNC(=O)CNC(=O)c1cc(Cl)nc(C(C)C)c1. The average Bonchev–Trinajstić information content (AvgIpc) is 2.41. The molecule has 116 valence electrons. The summed E-state index contributed by atoms with van der Waals surface area (Å²) in [6.07, 6.45) is 0. The highest BCUT2D eigenvalue weighted by atomic mass is 35.5. The van der Waals surface area contributed by atoms with Crippen LogP contribution in [0, 0.1) is 5.92 Å². The Labute approximate surface area is 130 Å². The van der Waals surface area contributed by atoms with Crippen LogP contribution in [0.25, 0.3) is 0 Å². The summed E-state index contributed by atoms with van der Waals surface area (Å²) < 4.78 is 0. The first-order chi connectivity index (χ1) is 9.79. The van der Waals surface area contributed by atoms with Crippen LogP contribution >= 0.6 is 11.6 Å². The molecule has 0 saturated carbocycles. The molecule has 0 aromatic carbocycles. The third kappa shape index (κ3) is 6.12. The van der Waals surface area contributed by atoms with Gasteiger partial charge >= 0.3 is 0 Å². The fourth-order valence-corrected chi connectivity index (χ4v) is 1.80. The Hall–Kier alpha value is -1.62. The first-order valence-electron chi connectivity index (χ1n) is 7.02. The Kier molecular flexibility index (Phi) is 6.62. The van der Waals surface area contributed by atoms with Gasteiger partial charge in [-0.25, -0.2) is 4.98 Å². The largest absolute Gasteiger partial charge is 0.354 e. The zero-order valence-corrected chi connectivity index (χ0v) is 13.6. The van der Waals surface area contributed by atoms with Crippen molar-refractivity contribution in [2.24, 2.45) is 5.92 Å². The molecule has 0 atom stereocenters. The van der Waals surface area contributed by atoms with Crippen molar-refractivity contribution in [2.45, 2.75) is 33.6 Å². The molecule has 0 unspecified atom stereocenters. The van der Waals surface area contributed by atoms with Gasteiger partial charge in [-0.3, -0.25) is 9.59 Å². The van der Waals surface area contributed by atoms with Crippen LogP contribution in [0.1, 0.15) is 49.7 Å². The second-order valence-electron chi connectivity index (χ2n) is 5.64. The number of pyridine rings is 1. The van der Waals surface area contributed by atoms with E-state index in [1.807, 2.05) is 27.7 Å². The minimum absolute atomic E-state index is 0.0531. The summed E-state index contributed by atoms with van der Waals surface area (Å²) in [5.74, 6) is 0.00373. The molecule has 6 heteroatoms. The van der Waals surface area contributed by atoms with E-state index in [4.69, 9.17) is 11.6 Å². The predicted molar refractivity (Wildman–Crippen MR) is 83.5 cm³/mol. The van der Waals surface area contributed by atoms with Crippen molar-refractivity contribution in [3.8, 4) is 0 Å². The number of nitrogens with zero attached hydrogens (tertiary/aromatic N) is 1. The highest BCUT2D eigenvalue weighted by molar-refractivity contribution is 6.29. The zero-order chi connectivity index (χ0) is 16.0. The van der Waals surface area contributed by atoms with Crippen molar-refractivity contribution >= 4 is 23.4 Å². The quantitative estimate of drug-likeness (QED) is 0.792. The van der Waals surface area contributed by atoms with E-state index in [2.05, 4.69) is 15.6 Å². The van der Waals surface area contributed by atoms with E-state index in [-0.39, 0.29) is 29.4 Å². The van der Waals surface area contributed by atoms with E-state index >= 15 is 0 Å². The summed E-state index contributed by atoms with van der Waals surface area (Å²) in [4.78, 5) is 27.8. The van der Waals surface area contributed by atoms with Crippen LogP contribution in [0.2, 0.25) is 5.15 Å². The van der Waals surface area contributed by atoms with Crippen LogP contribution in [0.5, 0.6) is 0 Å². The lowest BCUT2D eigenvalue weighted by atomic mass is 10.1. The maximum atomic E-state index is 12.0. The molecule has 0 spiro atoms. The summed E-state index contributed by atoms with van der Waals surface area (Å²) in [6, 6.07) is 3.19. The Morgan fingerprint density at radius 3 is 2.43 bits per heavy atom. The third-order valence-corrected chi connectivity index (χ3v) is 2.98. The van der Waals surface area contributed by atoms with Crippen molar-refractivity contribution in [1.82, 2.24) is 15.6 Å². The lowest BCUT2D eigenvalue weighted by Crippen LogP contribution is -2.38. The number of halogens is 1. The van der Waals surface area contributed by atoms with Crippen LogP contribution in [-0.2, 0) is 4.79 Å². The second kappa shape index (κ2) is 7.98. The molecule has 0 aliphatic rings. The molecule has 1 heterocycles. The maximum absolute atomic E-state index is 12.0. The molecular formula is C15H22ClN3O2. The van der Waals surface area contributed by atoms with Crippen LogP contribution in [-0.4, -0.2) is 29.9 Å². The maximum Gasteiger partial charge on any atom is 0.251 e. The minimum atomic E-state index is -0.333. The van der Waals surface area contributed by atoms with E-state index < -0.39 is 0 Å². The number of carbonyl (C=O) groups is 2. The lowest BCUT2D eigenvalue weighted by molar-refractivity contribution is -0.120. The van der Waals surface area contributed by atoms with E-state index in [9.17, 15) is 9.59 Å². The molecule has 21 heavy (non-hydrogen) atoms. The van der Waals surface area contributed by atoms with Gasteiger partial charge in [0, 0.05) is 17.8 Å². The van der Waals surface area contributed by atoms with E-state index in [0.717, 1.165) is 5.69 Å². The topological polar surface area (TPSA) is 71.1 Å². The van der Waals surface area contributed by atoms with Gasteiger partial charge in [-0.2, -0.15) is 0 Å². The standard InChI is InChI=1S/C15H22ClN3O2/c1-9(2)7-17-14(20)8-18-15(21)11-5-12(10(3)4)19-13(16)6-11/h5-6,9-10H,7-8H2,1-4H3,(H,17,20)(H,18,21). The van der Waals surface area contributed by atoms with Gasteiger partial charge in [-0.05, 0) is 24.0 Å². The Bertz CT molecular complexity index is 516. The van der Waals surface area contributed by atoms with Gasteiger partial charge in [0.25, 0.3) is 5.91 Å². The van der Waals surface area contributed by atoms with Gasteiger partial charge in [0.2, 0.25) is 5.91 Å². The minimum Gasteiger partial charge on any atom is -0.354 e. The molecular weight excluding hydrogens is 290 g/mol. The Morgan fingerprint density at radius 2 is 1.86 bits per heavy atom. The molecule has 0 aliphatic carbocycles. The van der Waals surface area contributed by atoms with E-state index in [1.165, 1.54) is 6.07 Å². The summed E-state index contributed by atoms with van der Waals surface area (Å²) in [5, 5.41) is 5.59. The molecule has 0 radical (unpaired) electrons. The van der Waals surface area contributed by atoms with Crippen molar-refractivity contribution < 1.29 is 9.59 Å². The first kappa shape index (κ1) is 17.4. The van der Waals surface area contributed by atoms with Gasteiger partial charge in [0.1, 0.15) is 5.15 Å². The Balaban J connectivity index is 2.62. The molecule has 0 bridgehead atoms. The van der Waals surface area contributed by atoms with Crippen molar-refractivity contribution in [1.29, 1.82) is 0 Å². The second-order valence-corrected chi connectivity index (χ2v) is 6.03. The van der Waals surface area contributed by atoms with Crippen LogP contribution in [0.4, 0.5) is 0 Å². The summed E-state index contributed by atoms with van der Waals surface area (Å²) in [7, 11) is 0. The fourth-order valence-electron chi connectivity index (χ4n) is 1.59. The smallest absolute Gasteiger partial charge is 0.251 e. The highest BCUT2D eigenvalue weighted by Crippen LogP contribution is 2.17. The summed E-state index contributed by atoms with van der Waals surface area (Å²) in [5.41, 5.74) is 1.16. The number of amides is 2. The molecule has 1 aromatic rings. The number of nitrogens with one attached hydrogen (secondary N) is 2. The number of hydrogen-bond donors (Lipinski definition) is 2. The average molecular weight is 312 g/mol. The van der Waals surface area contributed by atoms with Crippen molar-refractivity contribution in [2.75, 3.05) is 13.1 Å². The molecule has 2 N–H and O–H groups in total. The molecule has 1 rings (SSSR count). The van der Waals surface area contributed by atoms with Gasteiger partial charge in [0.15, 0.2) is 0 Å². The molecule has 2 amide bonds. The molecule has 0 aliphatic heterocycles. The summed E-state index contributed by atoms with van der Waals surface area (Å²) >= 11 is 5.92. The first-order valence-corrected chi connectivity index (χ1v) is 7.39. The van der Waals surface area contributed by atoms with Gasteiger partial charge in [-0.15, -0.1) is 0 Å². The number of hydrogen-bond acceptors (Lipinski definition) is 3. The normalized spacial score (nSPS) is 10.8.